The van der Waals surface area contributed by atoms with Crippen LogP contribution < -0.4 is 0 Å². The molecule has 0 saturated carbocycles. The number of aliphatic carboxylic acids is 1. The van der Waals surface area contributed by atoms with Gasteiger partial charge in [0.25, 0.3) is 0 Å². The van der Waals surface area contributed by atoms with E-state index in [0.29, 0.717) is 25.9 Å². The van der Waals surface area contributed by atoms with E-state index in [0.717, 1.165) is 23.1 Å². The van der Waals surface area contributed by atoms with Gasteiger partial charge in [-0.1, -0.05) is 54.6 Å². The highest BCUT2D eigenvalue weighted by atomic mass is 16.4. The van der Waals surface area contributed by atoms with Crippen molar-refractivity contribution < 1.29 is 14.7 Å². The van der Waals surface area contributed by atoms with Crippen LogP contribution in [0.5, 0.6) is 0 Å². The van der Waals surface area contributed by atoms with Gasteiger partial charge in [-0.25, -0.2) is 0 Å². The first-order chi connectivity index (χ1) is 11.6. The van der Waals surface area contributed by atoms with Crippen LogP contribution in [0.25, 0.3) is 11.1 Å². The Balaban J connectivity index is 1.63. The Morgan fingerprint density at radius 1 is 1.00 bits per heavy atom. The summed E-state index contributed by atoms with van der Waals surface area (Å²) in [5.41, 5.74) is 3.23. The molecule has 1 unspecified atom stereocenters. The number of hydrogen-bond acceptors (Lipinski definition) is 2. The predicted octanol–water partition coefficient (Wildman–Crippen LogP) is 3.22. The van der Waals surface area contributed by atoms with Crippen molar-refractivity contribution >= 4 is 11.9 Å². The second-order valence-corrected chi connectivity index (χ2v) is 6.26. The maximum Gasteiger partial charge on any atom is 0.308 e. The van der Waals surface area contributed by atoms with Gasteiger partial charge in [-0.2, -0.15) is 0 Å². The number of carboxylic acid groups (broad SMARTS) is 1. The molecular weight excluding hydrogens is 302 g/mol. The Kier molecular flexibility index (Phi) is 4.94. The molecule has 0 bridgehead atoms. The summed E-state index contributed by atoms with van der Waals surface area (Å²) in [6.07, 6.45) is 1.74. The van der Waals surface area contributed by atoms with Gasteiger partial charge in [0.1, 0.15) is 0 Å². The van der Waals surface area contributed by atoms with Crippen LogP contribution in [0.2, 0.25) is 0 Å². The first-order valence-electron chi connectivity index (χ1n) is 8.28. The summed E-state index contributed by atoms with van der Waals surface area (Å²) in [7, 11) is 0. The molecule has 1 aliphatic heterocycles. The van der Waals surface area contributed by atoms with Crippen LogP contribution >= 0.6 is 0 Å². The lowest BCUT2D eigenvalue weighted by molar-refractivity contribution is -0.145. The Hall–Kier alpha value is -2.62. The fourth-order valence-corrected chi connectivity index (χ4v) is 3.14. The highest BCUT2D eigenvalue weighted by Crippen LogP contribution is 2.21. The van der Waals surface area contributed by atoms with E-state index in [-0.39, 0.29) is 5.91 Å². The van der Waals surface area contributed by atoms with Crippen molar-refractivity contribution in [3.63, 3.8) is 0 Å². The maximum absolute atomic E-state index is 12.4. The topological polar surface area (TPSA) is 57.6 Å². The minimum atomic E-state index is -0.806. The summed E-state index contributed by atoms with van der Waals surface area (Å²) in [4.78, 5) is 25.2. The van der Waals surface area contributed by atoms with Gasteiger partial charge in [0.15, 0.2) is 0 Å². The third-order valence-electron chi connectivity index (χ3n) is 4.54. The van der Waals surface area contributed by atoms with Gasteiger partial charge >= 0.3 is 5.97 Å². The molecule has 0 radical (unpaired) electrons. The molecule has 1 amide bonds. The van der Waals surface area contributed by atoms with Crippen molar-refractivity contribution in [2.75, 3.05) is 13.1 Å². The number of rotatable bonds is 4. The van der Waals surface area contributed by atoms with Crippen molar-refractivity contribution in [1.29, 1.82) is 0 Å². The SMILES string of the molecule is O=C(O)C1CCCN(C(=O)Cc2ccc(-c3ccccc3)cc2)C1. The fourth-order valence-electron chi connectivity index (χ4n) is 3.14. The van der Waals surface area contributed by atoms with Gasteiger partial charge in [-0.3, -0.25) is 9.59 Å². The van der Waals surface area contributed by atoms with Crippen LogP contribution in [0.1, 0.15) is 18.4 Å². The summed E-state index contributed by atoms with van der Waals surface area (Å²) in [5, 5.41) is 9.13. The molecule has 2 aromatic rings. The lowest BCUT2D eigenvalue weighted by Crippen LogP contribution is -2.42. The molecule has 1 heterocycles. The third-order valence-corrected chi connectivity index (χ3v) is 4.54. The number of hydrogen-bond donors (Lipinski definition) is 1. The van der Waals surface area contributed by atoms with Gasteiger partial charge in [-0.15, -0.1) is 0 Å². The number of carbonyl (C=O) groups excluding carboxylic acids is 1. The molecule has 1 N–H and O–H groups in total. The fraction of sp³-hybridized carbons (Fsp3) is 0.300. The average Bonchev–Trinajstić information content (AvgIpc) is 2.63. The molecular formula is C20H21NO3. The van der Waals surface area contributed by atoms with Gasteiger partial charge in [0.05, 0.1) is 12.3 Å². The smallest absolute Gasteiger partial charge is 0.308 e. The molecule has 3 rings (SSSR count). The largest absolute Gasteiger partial charge is 0.481 e. The number of carbonyl (C=O) groups is 2. The highest BCUT2D eigenvalue weighted by Gasteiger charge is 2.27. The van der Waals surface area contributed by atoms with Crippen LogP contribution in [-0.4, -0.2) is 35.0 Å². The second-order valence-electron chi connectivity index (χ2n) is 6.26. The Morgan fingerprint density at radius 2 is 1.67 bits per heavy atom. The van der Waals surface area contributed by atoms with E-state index in [2.05, 4.69) is 12.1 Å². The normalized spacial score (nSPS) is 17.5. The summed E-state index contributed by atoms with van der Waals surface area (Å²) < 4.78 is 0. The molecule has 0 aromatic heterocycles. The van der Waals surface area contributed by atoms with Gasteiger partial charge in [0, 0.05) is 13.1 Å². The van der Waals surface area contributed by atoms with E-state index in [9.17, 15) is 9.59 Å². The Labute approximate surface area is 141 Å². The lowest BCUT2D eigenvalue weighted by Gasteiger charge is -2.30. The molecule has 124 valence electrons. The number of nitrogens with zero attached hydrogens (tertiary/aromatic N) is 1. The summed E-state index contributed by atoms with van der Waals surface area (Å²) in [6.45, 7) is 0.987. The zero-order valence-corrected chi connectivity index (χ0v) is 13.5. The van der Waals surface area contributed by atoms with Gasteiger partial charge < -0.3 is 10.0 Å². The minimum Gasteiger partial charge on any atom is -0.481 e. The van der Waals surface area contributed by atoms with E-state index in [4.69, 9.17) is 5.11 Å². The lowest BCUT2D eigenvalue weighted by atomic mass is 9.97. The summed E-state index contributed by atoms with van der Waals surface area (Å²) in [6, 6.07) is 18.1. The monoisotopic (exact) mass is 323 g/mol. The van der Waals surface area contributed by atoms with E-state index < -0.39 is 11.9 Å². The molecule has 24 heavy (non-hydrogen) atoms. The summed E-state index contributed by atoms with van der Waals surface area (Å²) in [5.74, 6) is -1.23. The minimum absolute atomic E-state index is 0.00779. The molecule has 1 fully saturated rings. The van der Waals surface area contributed by atoms with Crippen molar-refractivity contribution in [1.82, 2.24) is 4.90 Å². The van der Waals surface area contributed by atoms with E-state index >= 15 is 0 Å². The molecule has 1 atom stereocenters. The van der Waals surface area contributed by atoms with E-state index in [1.54, 1.807) is 4.90 Å². The van der Waals surface area contributed by atoms with Crippen LogP contribution in [0.3, 0.4) is 0 Å². The third kappa shape index (κ3) is 3.82. The molecule has 4 heteroatoms. The number of piperidine rings is 1. The quantitative estimate of drug-likeness (QED) is 0.940. The number of likely N-dealkylation sites (tertiary alicyclic amines) is 1. The van der Waals surface area contributed by atoms with Crippen LogP contribution in [0, 0.1) is 5.92 Å². The van der Waals surface area contributed by atoms with Gasteiger partial charge in [0.2, 0.25) is 5.91 Å². The van der Waals surface area contributed by atoms with Crippen molar-refractivity contribution in [3.05, 3.63) is 60.2 Å². The number of benzene rings is 2. The van der Waals surface area contributed by atoms with Crippen LogP contribution in [0.4, 0.5) is 0 Å². The molecule has 0 aliphatic carbocycles. The summed E-state index contributed by atoms with van der Waals surface area (Å²) >= 11 is 0. The standard InChI is InChI=1S/C20H21NO3/c22-19(21-12-4-7-18(14-21)20(23)24)13-15-8-10-17(11-9-15)16-5-2-1-3-6-16/h1-3,5-6,8-11,18H,4,7,12-14H2,(H,23,24). The Morgan fingerprint density at radius 3 is 2.33 bits per heavy atom. The Bertz CT molecular complexity index is 709. The van der Waals surface area contributed by atoms with E-state index in [1.165, 1.54) is 0 Å². The average molecular weight is 323 g/mol. The molecule has 2 aromatic carbocycles. The molecule has 0 spiro atoms. The number of carboxylic acids is 1. The zero-order valence-electron chi connectivity index (χ0n) is 13.5. The number of amides is 1. The van der Waals surface area contributed by atoms with Crippen molar-refractivity contribution in [2.24, 2.45) is 5.92 Å². The zero-order chi connectivity index (χ0) is 16.9. The van der Waals surface area contributed by atoms with Crippen LogP contribution in [0.15, 0.2) is 54.6 Å². The van der Waals surface area contributed by atoms with Gasteiger partial charge in [-0.05, 0) is 29.5 Å². The highest BCUT2D eigenvalue weighted by molar-refractivity contribution is 5.80. The van der Waals surface area contributed by atoms with Crippen LogP contribution in [-0.2, 0) is 16.0 Å². The maximum atomic E-state index is 12.4. The van der Waals surface area contributed by atoms with E-state index in [1.807, 2.05) is 42.5 Å². The molecule has 1 aliphatic rings. The van der Waals surface area contributed by atoms with Crippen molar-refractivity contribution in [3.8, 4) is 11.1 Å². The first-order valence-corrected chi connectivity index (χ1v) is 8.28. The molecule has 1 saturated heterocycles. The second kappa shape index (κ2) is 7.30. The first kappa shape index (κ1) is 16.2. The predicted molar refractivity (Wildman–Crippen MR) is 92.5 cm³/mol. The molecule has 4 nitrogen and oxygen atoms in total. The van der Waals surface area contributed by atoms with Crippen molar-refractivity contribution in [2.45, 2.75) is 19.3 Å².